The second-order valence-electron chi connectivity index (χ2n) is 7.28. The highest BCUT2D eigenvalue weighted by Gasteiger charge is 2.21. The van der Waals surface area contributed by atoms with Gasteiger partial charge in [-0.2, -0.15) is 0 Å². The van der Waals surface area contributed by atoms with E-state index in [4.69, 9.17) is 11.6 Å². The van der Waals surface area contributed by atoms with Gasteiger partial charge in [-0.15, -0.1) is 11.3 Å². The molecule has 0 spiro atoms. The third-order valence-electron chi connectivity index (χ3n) is 4.59. The second kappa shape index (κ2) is 9.93. The van der Waals surface area contributed by atoms with E-state index in [1.165, 1.54) is 18.0 Å². The van der Waals surface area contributed by atoms with Gasteiger partial charge < -0.3 is 15.5 Å². The lowest BCUT2D eigenvalue weighted by Gasteiger charge is -2.16. The van der Waals surface area contributed by atoms with E-state index in [2.05, 4.69) is 10.6 Å². The zero-order valence-electron chi connectivity index (χ0n) is 17.7. The van der Waals surface area contributed by atoms with Gasteiger partial charge in [0.05, 0.1) is 27.0 Å². The van der Waals surface area contributed by atoms with Gasteiger partial charge in [-0.25, -0.2) is 4.39 Å². The second-order valence-corrected chi connectivity index (χ2v) is 8.74. The number of aryl methyl sites for hydroxylation is 2. The Kier molecular flexibility index (Phi) is 7.27. The van der Waals surface area contributed by atoms with Crippen molar-refractivity contribution >= 4 is 51.3 Å². The molecule has 9 heteroatoms. The van der Waals surface area contributed by atoms with Crippen molar-refractivity contribution in [3.63, 3.8) is 0 Å². The normalized spacial score (nSPS) is 10.5. The lowest BCUT2D eigenvalue weighted by Crippen LogP contribution is -2.34. The third-order valence-corrected chi connectivity index (χ3v) is 6.04. The molecule has 166 valence electrons. The standard InChI is InChI=1S/C23H21ClFN3O3S/c1-13-4-7-16(8-5-13)26-19(29)12-28(3)23(31)21-14(2)10-20(32-21)27-22(30)17-9-6-15(25)11-18(17)24/h4-11H,12H2,1-3H3,(H,26,29)(H,27,30). The SMILES string of the molecule is Cc1ccc(NC(=O)CN(C)C(=O)c2sc(NC(=O)c3ccc(F)cc3Cl)cc2C)cc1. The molecule has 0 saturated heterocycles. The Balaban J connectivity index is 1.64. The summed E-state index contributed by atoms with van der Waals surface area (Å²) in [6.07, 6.45) is 0. The van der Waals surface area contributed by atoms with E-state index >= 15 is 0 Å². The van der Waals surface area contributed by atoms with Gasteiger partial charge in [-0.05, 0) is 55.8 Å². The smallest absolute Gasteiger partial charge is 0.264 e. The summed E-state index contributed by atoms with van der Waals surface area (Å²) < 4.78 is 13.2. The van der Waals surface area contributed by atoms with Crippen LogP contribution in [0.15, 0.2) is 48.5 Å². The van der Waals surface area contributed by atoms with E-state index in [0.717, 1.165) is 29.0 Å². The van der Waals surface area contributed by atoms with Gasteiger partial charge in [0, 0.05) is 12.7 Å². The maximum absolute atomic E-state index is 13.2. The molecule has 1 aromatic heterocycles. The highest BCUT2D eigenvalue weighted by atomic mass is 35.5. The van der Waals surface area contributed by atoms with Gasteiger partial charge in [0.15, 0.2) is 0 Å². The Labute approximate surface area is 194 Å². The zero-order valence-corrected chi connectivity index (χ0v) is 19.2. The molecule has 0 aliphatic rings. The molecule has 3 rings (SSSR count). The van der Waals surface area contributed by atoms with Crippen molar-refractivity contribution in [2.45, 2.75) is 13.8 Å². The summed E-state index contributed by atoms with van der Waals surface area (Å²) in [6, 6.07) is 12.5. The minimum Gasteiger partial charge on any atom is -0.332 e. The van der Waals surface area contributed by atoms with Crippen LogP contribution in [0.1, 0.15) is 31.2 Å². The summed E-state index contributed by atoms with van der Waals surface area (Å²) in [5, 5.41) is 5.86. The number of rotatable bonds is 6. The summed E-state index contributed by atoms with van der Waals surface area (Å²) >= 11 is 7.03. The van der Waals surface area contributed by atoms with E-state index in [1.54, 1.807) is 25.1 Å². The summed E-state index contributed by atoms with van der Waals surface area (Å²) in [7, 11) is 1.53. The fourth-order valence-electron chi connectivity index (χ4n) is 2.91. The van der Waals surface area contributed by atoms with Crippen LogP contribution in [0.2, 0.25) is 5.02 Å². The molecule has 1 heterocycles. The molecule has 0 bridgehead atoms. The number of benzene rings is 2. The molecule has 0 unspecified atom stereocenters. The first-order valence-corrected chi connectivity index (χ1v) is 10.8. The molecule has 2 aromatic carbocycles. The molecule has 0 radical (unpaired) electrons. The summed E-state index contributed by atoms with van der Waals surface area (Å²) in [5.74, 6) is -1.72. The number of hydrogen-bond acceptors (Lipinski definition) is 4. The maximum Gasteiger partial charge on any atom is 0.264 e. The molecular formula is C23H21ClFN3O3S. The van der Waals surface area contributed by atoms with E-state index in [0.29, 0.717) is 21.1 Å². The molecule has 0 aliphatic carbocycles. The fraction of sp³-hybridized carbons (Fsp3) is 0.174. The average molecular weight is 474 g/mol. The summed E-state index contributed by atoms with van der Waals surface area (Å²) in [6.45, 7) is 3.56. The van der Waals surface area contributed by atoms with E-state index < -0.39 is 11.7 Å². The van der Waals surface area contributed by atoms with Crippen molar-refractivity contribution in [3.8, 4) is 0 Å². The van der Waals surface area contributed by atoms with Crippen LogP contribution in [-0.2, 0) is 4.79 Å². The van der Waals surface area contributed by atoms with Gasteiger partial charge in [0.2, 0.25) is 5.91 Å². The molecule has 0 saturated carbocycles. The average Bonchev–Trinajstić information content (AvgIpc) is 3.08. The van der Waals surface area contributed by atoms with Crippen LogP contribution in [0.3, 0.4) is 0 Å². The Morgan fingerprint density at radius 2 is 1.72 bits per heavy atom. The van der Waals surface area contributed by atoms with Crippen LogP contribution in [0.25, 0.3) is 0 Å². The van der Waals surface area contributed by atoms with Gasteiger partial charge in [-0.3, -0.25) is 14.4 Å². The topological polar surface area (TPSA) is 78.5 Å². The van der Waals surface area contributed by atoms with Crippen molar-refractivity contribution in [3.05, 3.63) is 80.9 Å². The first kappa shape index (κ1) is 23.4. The largest absolute Gasteiger partial charge is 0.332 e. The first-order chi connectivity index (χ1) is 15.1. The summed E-state index contributed by atoms with van der Waals surface area (Å²) in [5.41, 5.74) is 2.51. The van der Waals surface area contributed by atoms with Crippen LogP contribution in [-0.4, -0.2) is 36.2 Å². The number of halogens is 2. The van der Waals surface area contributed by atoms with Crippen molar-refractivity contribution in [2.24, 2.45) is 0 Å². The number of carbonyl (C=O) groups excluding carboxylic acids is 3. The number of likely N-dealkylation sites (N-methyl/N-ethyl adjacent to an activating group) is 1. The Morgan fingerprint density at radius 3 is 2.38 bits per heavy atom. The lowest BCUT2D eigenvalue weighted by atomic mass is 10.2. The third kappa shape index (κ3) is 5.72. The Hall–Kier alpha value is -3.23. The predicted molar refractivity (Wildman–Crippen MR) is 125 cm³/mol. The molecule has 3 aromatic rings. The number of nitrogens with zero attached hydrogens (tertiary/aromatic N) is 1. The Bertz CT molecular complexity index is 1180. The van der Waals surface area contributed by atoms with Crippen LogP contribution in [0, 0.1) is 19.7 Å². The van der Waals surface area contributed by atoms with Gasteiger partial charge in [0.1, 0.15) is 5.82 Å². The van der Waals surface area contributed by atoms with E-state index in [-0.39, 0.29) is 28.9 Å². The van der Waals surface area contributed by atoms with Gasteiger partial charge in [-0.1, -0.05) is 29.3 Å². The fourth-order valence-corrected chi connectivity index (χ4v) is 4.22. The van der Waals surface area contributed by atoms with E-state index in [9.17, 15) is 18.8 Å². The molecule has 6 nitrogen and oxygen atoms in total. The van der Waals surface area contributed by atoms with Crippen LogP contribution < -0.4 is 10.6 Å². The lowest BCUT2D eigenvalue weighted by molar-refractivity contribution is -0.116. The van der Waals surface area contributed by atoms with Crippen LogP contribution >= 0.6 is 22.9 Å². The van der Waals surface area contributed by atoms with Crippen molar-refractivity contribution < 1.29 is 18.8 Å². The van der Waals surface area contributed by atoms with Gasteiger partial charge in [0.25, 0.3) is 11.8 Å². The number of amides is 3. The molecule has 0 aliphatic heterocycles. The van der Waals surface area contributed by atoms with Crippen LogP contribution in [0.5, 0.6) is 0 Å². The van der Waals surface area contributed by atoms with E-state index in [1.807, 2.05) is 19.1 Å². The highest BCUT2D eigenvalue weighted by Crippen LogP contribution is 2.29. The quantitative estimate of drug-likeness (QED) is 0.521. The van der Waals surface area contributed by atoms with Crippen molar-refractivity contribution in [1.82, 2.24) is 4.90 Å². The number of nitrogens with one attached hydrogen (secondary N) is 2. The molecular weight excluding hydrogens is 453 g/mol. The molecule has 2 N–H and O–H groups in total. The number of thiophene rings is 1. The minimum atomic E-state index is -0.541. The zero-order chi connectivity index (χ0) is 23.4. The van der Waals surface area contributed by atoms with Crippen LogP contribution in [0.4, 0.5) is 15.1 Å². The predicted octanol–water partition coefficient (Wildman–Crippen LogP) is 5.12. The number of hydrogen-bond donors (Lipinski definition) is 2. The molecule has 3 amide bonds. The highest BCUT2D eigenvalue weighted by molar-refractivity contribution is 7.18. The van der Waals surface area contributed by atoms with Crippen molar-refractivity contribution in [2.75, 3.05) is 24.2 Å². The summed E-state index contributed by atoms with van der Waals surface area (Å²) in [4.78, 5) is 39.3. The molecule has 0 atom stereocenters. The molecule has 0 fully saturated rings. The van der Waals surface area contributed by atoms with Crippen molar-refractivity contribution in [1.29, 1.82) is 0 Å². The maximum atomic E-state index is 13.2. The molecule has 32 heavy (non-hydrogen) atoms. The monoisotopic (exact) mass is 473 g/mol. The van der Waals surface area contributed by atoms with Gasteiger partial charge >= 0.3 is 0 Å². The Morgan fingerprint density at radius 1 is 1.03 bits per heavy atom. The number of carbonyl (C=O) groups is 3. The first-order valence-electron chi connectivity index (χ1n) is 9.63. The minimum absolute atomic E-state index is 0.00796. The number of anilines is 2.